The van der Waals surface area contributed by atoms with Crippen molar-refractivity contribution < 1.29 is 0 Å². The summed E-state index contributed by atoms with van der Waals surface area (Å²) in [7, 11) is 0. The lowest BCUT2D eigenvalue weighted by molar-refractivity contribution is 0.351. The first-order valence-electron chi connectivity index (χ1n) is 6.95. The minimum Gasteiger partial charge on any atom is -0.388 e. The molecule has 104 valence electrons. The molecule has 5 heteroatoms. The van der Waals surface area contributed by atoms with E-state index in [1.54, 1.807) is 12.3 Å². The number of thiocarbonyl (C=S) groups is 1. The molecule has 19 heavy (non-hydrogen) atoms. The number of nitrogens with zero attached hydrogens (tertiary/aromatic N) is 3. The first-order valence-corrected chi connectivity index (χ1v) is 7.36. The highest BCUT2D eigenvalue weighted by Gasteiger charge is 2.21. The minimum atomic E-state index is 0.332. The second kappa shape index (κ2) is 6.28. The predicted octanol–water partition coefficient (Wildman–Crippen LogP) is 2.37. The fourth-order valence-corrected chi connectivity index (χ4v) is 2.74. The summed E-state index contributed by atoms with van der Waals surface area (Å²) in [6, 6.07) is 1.76. The molecule has 0 amide bonds. The summed E-state index contributed by atoms with van der Waals surface area (Å²) >= 11 is 4.97. The Kier molecular flexibility index (Phi) is 4.69. The summed E-state index contributed by atoms with van der Waals surface area (Å²) in [4.78, 5) is 11.4. The zero-order chi connectivity index (χ0) is 13.8. The van der Waals surface area contributed by atoms with Gasteiger partial charge >= 0.3 is 0 Å². The smallest absolute Gasteiger partial charge is 0.225 e. The molecule has 1 saturated heterocycles. The van der Waals surface area contributed by atoms with Gasteiger partial charge in [0, 0.05) is 19.3 Å². The van der Waals surface area contributed by atoms with E-state index in [2.05, 4.69) is 28.7 Å². The lowest BCUT2D eigenvalue weighted by Crippen LogP contribution is -2.27. The van der Waals surface area contributed by atoms with Gasteiger partial charge < -0.3 is 10.6 Å². The number of hydrogen-bond acceptors (Lipinski definition) is 4. The molecule has 0 saturated carbocycles. The van der Waals surface area contributed by atoms with Crippen molar-refractivity contribution in [3.63, 3.8) is 0 Å². The van der Waals surface area contributed by atoms with Gasteiger partial charge in [0.15, 0.2) is 0 Å². The standard InChI is InChI=1S/C14H22N4S/c1-10(2)11-4-3-8-18(9-6-11)14-16-7-5-12(17-14)13(15)19/h5,7,10-11H,3-4,6,8-9H2,1-2H3,(H2,15,19). The Morgan fingerprint density at radius 1 is 1.42 bits per heavy atom. The van der Waals surface area contributed by atoms with Crippen LogP contribution in [-0.2, 0) is 0 Å². The Hall–Kier alpha value is -1.23. The van der Waals surface area contributed by atoms with E-state index in [-0.39, 0.29) is 0 Å². The molecule has 1 aromatic heterocycles. The molecule has 0 aliphatic carbocycles. The van der Waals surface area contributed by atoms with E-state index in [1.807, 2.05) is 0 Å². The molecule has 2 heterocycles. The van der Waals surface area contributed by atoms with Gasteiger partial charge in [0.05, 0.1) is 0 Å². The molecule has 0 bridgehead atoms. The Balaban J connectivity index is 2.09. The third kappa shape index (κ3) is 3.62. The molecule has 1 aliphatic rings. The topological polar surface area (TPSA) is 55.0 Å². The second-order valence-corrected chi connectivity index (χ2v) is 5.97. The predicted molar refractivity (Wildman–Crippen MR) is 82.3 cm³/mol. The summed E-state index contributed by atoms with van der Waals surface area (Å²) in [5, 5.41) is 0. The Morgan fingerprint density at radius 2 is 2.21 bits per heavy atom. The van der Waals surface area contributed by atoms with Crippen LogP contribution < -0.4 is 10.6 Å². The van der Waals surface area contributed by atoms with Gasteiger partial charge in [-0.1, -0.05) is 26.1 Å². The average Bonchev–Trinajstić information content (AvgIpc) is 2.64. The average molecular weight is 278 g/mol. The van der Waals surface area contributed by atoms with Crippen LogP contribution in [0.3, 0.4) is 0 Å². The van der Waals surface area contributed by atoms with Crippen LogP contribution in [-0.4, -0.2) is 28.0 Å². The van der Waals surface area contributed by atoms with Crippen LogP contribution in [0.1, 0.15) is 38.8 Å². The third-order valence-electron chi connectivity index (χ3n) is 3.89. The SMILES string of the molecule is CC(C)C1CCCN(c2nccc(C(N)=S)n2)CC1. The maximum Gasteiger partial charge on any atom is 0.225 e. The van der Waals surface area contributed by atoms with Gasteiger partial charge in [-0.15, -0.1) is 0 Å². The number of nitrogens with two attached hydrogens (primary N) is 1. The number of aromatic nitrogens is 2. The fourth-order valence-electron chi connectivity index (χ4n) is 2.63. The van der Waals surface area contributed by atoms with Gasteiger partial charge in [-0.2, -0.15) is 0 Å². The van der Waals surface area contributed by atoms with Gasteiger partial charge in [-0.05, 0) is 37.2 Å². The molecule has 1 atom stereocenters. The summed E-state index contributed by atoms with van der Waals surface area (Å²) in [5.41, 5.74) is 6.28. The molecule has 2 rings (SSSR count). The normalized spacial score (nSPS) is 20.4. The van der Waals surface area contributed by atoms with Crippen LogP contribution >= 0.6 is 12.2 Å². The van der Waals surface area contributed by atoms with Crippen molar-refractivity contribution in [2.45, 2.75) is 33.1 Å². The molecular formula is C14H22N4S. The first-order chi connectivity index (χ1) is 9.08. The van der Waals surface area contributed by atoms with Crippen LogP contribution in [0.2, 0.25) is 0 Å². The van der Waals surface area contributed by atoms with Crippen molar-refractivity contribution in [3.05, 3.63) is 18.0 Å². The van der Waals surface area contributed by atoms with E-state index >= 15 is 0 Å². The van der Waals surface area contributed by atoms with E-state index in [4.69, 9.17) is 18.0 Å². The molecule has 0 aromatic carbocycles. The van der Waals surface area contributed by atoms with E-state index < -0.39 is 0 Å². The summed E-state index contributed by atoms with van der Waals surface area (Å²) in [5.74, 6) is 2.32. The minimum absolute atomic E-state index is 0.332. The van der Waals surface area contributed by atoms with Crippen molar-refractivity contribution in [2.24, 2.45) is 17.6 Å². The van der Waals surface area contributed by atoms with E-state index in [0.29, 0.717) is 10.7 Å². The Morgan fingerprint density at radius 3 is 2.89 bits per heavy atom. The van der Waals surface area contributed by atoms with Gasteiger partial charge in [-0.3, -0.25) is 0 Å². The number of anilines is 1. The fraction of sp³-hybridized carbons (Fsp3) is 0.643. The maximum atomic E-state index is 5.63. The van der Waals surface area contributed by atoms with Crippen LogP contribution in [0.15, 0.2) is 12.3 Å². The Bertz CT molecular complexity index is 447. The molecule has 1 aliphatic heterocycles. The summed E-state index contributed by atoms with van der Waals surface area (Å²) in [6.07, 6.45) is 5.44. The largest absolute Gasteiger partial charge is 0.388 e. The molecule has 0 spiro atoms. The highest BCUT2D eigenvalue weighted by atomic mass is 32.1. The monoisotopic (exact) mass is 278 g/mol. The maximum absolute atomic E-state index is 5.63. The molecule has 1 unspecified atom stereocenters. The van der Waals surface area contributed by atoms with Crippen molar-refractivity contribution >= 4 is 23.2 Å². The zero-order valence-electron chi connectivity index (χ0n) is 11.7. The number of hydrogen-bond donors (Lipinski definition) is 1. The van der Waals surface area contributed by atoms with Crippen LogP contribution in [0.25, 0.3) is 0 Å². The quantitative estimate of drug-likeness (QED) is 0.860. The van der Waals surface area contributed by atoms with Gasteiger partial charge in [0.1, 0.15) is 10.7 Å². The second-order valence-electron chi connectivity index (χ2n) is 5.53. The summed E-state index contributed by atoms with van der Waals surface area (Å²) in [6.45, 7) is 6.66. The van der Waals surface area contributed by atoms with E-state index in [0.717, 1.165) is 30.9 Å². The van der Waals surface area contributed by atoms with Gasteiger partial charge in [-0.25, -0.2) is 9.97 Å². The van der Waals surface area contributed by atoms with E-state index in [9.17, 15) is 0 Å². The molecule has 1 fully saturated rings. The molecule has 4 nitrogen and oxygen atoms in total. The van der Waals surface area contributed by atoms with Crippen molar-refractivity contribution in [2.75, 3.05) is 18.0 Å². The number of rotatable bonds is 3. The lowest BCUT2D eigenvalue weighted by Gasteiger charge is -2.21. The lowest BCUT2D eigenvalue weighted by atomic mass is 9.89. The van der Waals surface area contributed by atoms with Gasteiger partial charge in [0.2, 0.25) is 5.95 Å². The molecule has 0 radical (unpaired) electrons. The van der Waals surface area contributed by atoms with Crippen LogP contribution in [0.5, 0.6) is 0 Å². The van der Waals surface area contributed by atoms with Crippen molar-refractivity contribution in [1.82, 2.24) is 9.97 Å². The first kappa shape index (κ1) is 14.2. The van der Waals surface area contributed by atoms with E-state index in [1.165, 1.54) is 19.3 Å². The van der Waals surface area contributed by atoms with Crippen molar-refractivity contribution in [1.29, 1.82) is 0 Å². The van der Waals surface area contributed by atoms with Crippen LogP contribution in [0, 0.1) is 11.8 Å². The van der Waals surface area contributed by atoms with Crippen LogP contribution in [0.4, 0.5) is 5.95 Å². The molecule has 1 aromatic rings. The highest BCUT2D eigenvalue weighted by molar-refractivity contribution is 7.80. The Labute approximate surface area is 120 Å². The summed E-state index contributed by atoms with van der Waals surface area (Å²) < 4.78 is 0. The zero-order valence-corrected chi connectivity index (χ0v) is 12.5. The third-order valence-corrected chi connectivity index (χ3v) is 4.10. The molecule has 2 N–H and O–H groups in total. The van der Waals surface area contributed by atoms with Crippen molar-refractivity contribution in [3.8, 4) is 0 Å². The van der Waals surface area contributed by atoms with Gasteiger partial charge in [0.25, 0.3) is 0 Å². The molecular weight excluding hydrogens is 256 g/mol. The highest BCUT2D eigenvalue weighted by Crippen LogP contribution is 2.25.